The largest absolute Gasteiger partial charge is 0.471 e. The summed E-state index contributed by atoms with van der Waals surface area (Å²) in [4.78, 5) is 3.17. The molecule has 0 saturated heterocycles. The number of aromatic nitrogens is 2. The number of aryl methyl sites for hydroxylation is 1. The summed E-state index contributed by atoms with van der Waals surface area (Å²) in [6.45, 7) is 2.17. The van der Waals surface area contributed by atoms with Crippen LogP contribution in [0.2, 0.25) is 0 Å². The molecule has 0 aliphatic rings. The van der Waals surface area contributed by atoms with Crippen molar-refractivity contribution >= 4 is 0 Å². The summed E-state index contributed by atoms with van der Waals surface area (Å²) >= 11 is 0. The maximum Gasteiger partial charge on any atom is 0.471 e. The molecule has 0 saturated carbocycles. The fourth-order valence-corrected chi connectivity index (χ4v) is 1.72. The molecule has 0 amide bonds. The van der Waals surface area contributed by atoms with Crippen LogP contribution in [0.4, 0.5) is 17.6 Å². The number of alkyl halides is 3. The number of benzene rings is 1. The van der Waals surface area contributed by atoms with Crippen LogP contribution in [0.5, 0.6) is 0 Å². The Bertz CT molecular complexity index is 622. The van der Waals surface area contributed by atoms with Gasteiger partial charge in [-0.1, -0.05) is 5.16 Å². The van der Waals surface area contributed by atoms with Crippen molar-refractivity contribution in [2.75, 3.05) is 7.05 Å². The molecule has 4 nitrogen and oxygen atoms in total. The van der Waals surface area contributed by atoms with E-state index < -0.39 is 23.7 Å². The quantitative estimate of drug-likeness (QED) is 0.883. The Hall–Kier alpha value is -1.96. The van der Waals surface area contributed by atoms with Crippen LogP contribution >= 0.6 is 0 Å². The molecule has 1 heterocycles. The van der Waals surface area contributed by atoms with Gasteiger partial charge in [0.15, 0.2) is 0 Å². The van der Waals surface area contributed by atoms with Crippen LogP contribution in [0.15, 0.2) is 16.7 Å². The molecule has 108 valence electrons. The lowest BCUT2D eigenvalue weighted by Gasteiger charge is -2.07. The van der Waals surface area contributed by atoms with Crippen LogP contribution in [0.3, 0.4) is 0 Å². The van der Waals surface area contributed by atoms with E-state index in [1.165, 1.54) is 12.1 Å². The smallest absolute Gasteiger partial charge is 0.329 e. The zero-order valence-electron chi connectivity index (χ0n) is 10.7. The summed E-state index contributed by atoms with van der Waals surface area (Å²) in [7, 11) is 1.71. The number of hydrogen-bond donors (Lipinski definition) is 1. The van der Waals surface area contributed by atoms with Gasteiger partial charge in [0.05, 0.1) is 5.56 Å². The van der Waals surface area contributed by atoms with Gasteiger partial charge in [-0.3, -0.25) is 0 Å². The van der Waals surface area contributed by atoms with Crippen molar-refractivity contribution in [3.8, 4) is 11.4 Å². The molecule has 0 fully saturated rings. The summed E-state index contributed by atoms with van der Waals surface area (Å²) < 4.78 is 55.1. The van der Waals surface area contributed by atoms with E-state index in [9.17, 15) is 17.6 Å². The molecule has 0 radical (unpaired) electrons. The van der Waals surface area contributed by atoms with Crippen LogP contribution in [-0.2, 0) is 12.7 Å². The third-order valence-corrected chi connectivity index (χ3v) is 2.70. The first-order valence-corrected chi connectivity index (χ1v) is 5.68. The monoisotopic (exact) mass is 289 g/mol. The number of rotatable bonds is 3. The summed E-state index contributed by atoms with van der Waals surface area (Å²) in [5, 5.41) is 6.04. The molecule has 20 heavy (non-hydrogen) atoms. The lowest BCUT2D eigenvalue weighted by Crippen LogP contribution is -2.07. The van der Waals surface area contributed by atoms with Crippen LogP contribution in [-0.4, -0.2) is 17.2 Å². The van der Waals surface area contributed by atoms with Gasteiger partial charge in [0.25, 0.3) is 0 Å². The van der Waals surface area contributed by atoms with Crippen LogP contribution < -0.4 is 5.32 Å². The molecule has 0 spiro atoms. The third-order valence-electron chi connectivity index (χ3n) is 2.70. The Labute approximate surface area is 111 Å². The molecule has 1 N–H and O–H groups in total. The van der Waals surface area contributed by atoms with Crippen LogP contribution in [0.1, 0.15) is 17.0 Å². The van der Waals surface area contributed by atoms with Gasteiger partial charge in [0.2, 0.25) is 5.82 Å². The average molecular weight is 289 g/mol. The third kappa shape index (κ3) is 2.79. The maximum absolute atomic E-state index is 13.9. The van der Waals surface area contributed by atoms with Crippen molar-refractivity contribution in [3.05, 3.63) is 35.0 Å². The van der Waals surface area contributed by atoms with Gasteiger partial charge < -0.3 is 9.84 Å². The fourth-order valence-electron chi connectivity index (χ4n) is 1.72. The van der Waals surface area contributed by atoms with E-state index in [4.69, 9.17) is 0 Å². The Morgan fingerprint density at radius 1 is 1.30 bits per heavy atom. The van der Waals surface area contributed by atoms with E-state index in [0.29, 0.717) is 17.7 Å². The molecule has 0 atom stereocenters. The van der Waals surface area contributed by atoms with E-state index in [2.05, 4.69) is 20.0 Å². The Morgan fingerprint density at radius 2 is 2.00 bits per heavy atom. The Balaban J connectivity index is 2.43. The summed E-state index contributed by atoms with van der Waals surface area (Å²) in [6, 6.07) is 2.64. The molecule has 0 aliphatic carbocycles. The van der Waals surface area contributed by atoms with Gasteiger partial charge in [0.1, 0.15) is 5.82 Å². The first-order chi connectivity index (χ1) is 9.32. The second-order valence-electron chi connectivity index (χ2n) is 4.21. The highest BCUT2D eigenvalue weighted by Gasteiger charge is 2.38. The van der Waals surface area contributed by atoms with Gasteiger partial charge in [-0.15, -0.1) is 0 Å². The minimum absolute atomic E-state index is 0.124. The SMILES string of the molecule is CNCc1cc(F)c(-c2noc(C(F)(F)F)n2)cc1C. The van der Waals surface area contributed by atoms with Crippen molar-refractivity contribution < 1.29 is 22.1 Å². The maximum atomic E-state index is 13.9. The minimum Gasteiger partial charge on any atom is -0.329 e. The first-order valence-electron chi connectivity index (χ1n) is 5.68. The van der Waals surface area contributed by atoms with Gasteiger partial charge in [-0.2, -0.15) is 18.2 Å². The Morgan fingerprint density at radius 3 is 2.55 bits per heavy atom. The van der Waals surface area contributed by atoms with Crippen molar-refractivity contribution in [1.82, 2.24) is 15.5 Å². The molecule has 1 aromatic carbocycles. The number of halogens is 4. The molecular weight excluding hydrogens is 278 g/mol. The fraction of sp³-hybridized carbons (Fsp3) is 0.333. The molecule has 8 heteroatoms. The lowest BCUT2D eigenvalue weighted by molar-refractivity contribution is -0.159. The van der Waals surface area contributed by atoms with Gasteiger partial charge in [-0.05, 0) is 37.2 Å². The molecule has 1 aromatic heterocycles. The Kier molecular flexibility index (Phi) is 3.76. The zero-order valence-corrected chi connectivity index (χ0v) is 10.7. The normalized spacial score (nSPS) is 11.9. The second-order valence-corrected chi connectivity index (χ2v) is 4.21. The van der Waals surface area contributed by atoms with E-state index in [1.54, 1.807) is 14.0 Å². The highest BCUT2D eigenvalue weighted by atomic mass is 19.4. The van der Waals surface area contributed by atoms with E-state index in [0.717, 1.165) is 0 Å². The summed E-state index contributed by atoms with van der Waals surface area (Å²) in [5.41, 5.74) is 1.30. The van der Waals surface area contributed by atoms with Gasteiger partial charge in [0, 0.05) is 6.54 Å². The number of hydrogen-bond acceptors (Lipinski definition) is 4. The van der Waals surface area contributed by atoms with Crippen molar-refractivity contribution in [2.45, 2.75) is 19.6 Å². The van der Waals surface area contributed by atoms with Crippen molar-refractivity contribution in [1.29, 1.82) is 0 Å². The predicted molar refractivity (Wildman–Crippen MR) is 62.2 cm³/mol. The van der Waals surface area contributed by atoms with Gasteiger partial charge in [-0.25, -0.2) is 4.39 Å². The molecule has 2 aromatic rings. The number of nitrogens with one attached hydrogen (secondary N) is 1. The van der Waals surface area contributed by atoms with Gasteiger partial charge >= 0.3 is 12.1 Å². The molecular formula is C12H11F4N3O. The van der Waals surface area contributed by atoms with E-state index in [1.807, 2.05) is 0 Å². The zero-order chi connectivity index (χ0) is 14.9. The van der Waals surface area contributed by atoms with Crippen molar-refractivity contribution in [2.24, 2.45) is 0 Å². The lowest BCUT2D eigenvalue weighted by atomic mass is 10.0. The minimum atomic E-state index is -4.75. The highest BCUT2D eigenvalue weighted by molar-refractivity contribution is 5.58. The topological polar surface area (TPSA) is 51.0 Å². The van der Waals surface area contributed by atoms with E-state index in [-0.39, 0.29) is 5.56 Å². The van der Waals surface area contributed by atoms with Crippen molar-refractivity contribution in [3.63, 3.8) is 0 Å². The molecule has 2 rings (SSSR count). The second kappa shape index (κ2) is 5.20. The standard InChI is InChI=1S/C12H11F4N3O/c1-6-3-8(9(13)4-7(6)5-17-2)10-18-11(20-19-10)12(14,15)16/h3-4,17H,5H2,1-2H3. The number of nitrogens with zero attached hydrogens (tertiary/aromatic N) is 2. The average Bonchev–Trinajstić information content (AvgIpc) is 2.82. The molecule has 0 aliphatic heterocycles. The molecule has 0 unspecified atom stereocenters. The van der Waals surface area contributed by atoms with Crippen LogP contribution in [0.25, 0.3) is 11.4 Å². The first kappa shape index (κ1) is 14.4. The summed E-state index contributed by atoms with van der Waals surface area (Å²) in [6.07, 6.45) is -4.75. The highest BCUT2D eigenvalue weighted by Crippen LogP contribution is 2.30. The molecule has 0 bridgehead atoms. The van der Waals surface area contributed by atoms with E-state index >= 15 is 0 Å². The van der Waals surface area contributed by atoms with Crippen LogP contribution in [0, 0.1) is 12.7 Å². The summed E-state index contributed by atoms with van der Waals surface area (Å²) in [5.74, 6) is -2.62. The predicted octanol–water partition coefficient (Wildman–Crippen LogP) is 2.92.